The average Bonchev–Trinajstić information content (AvgIpc) is 2.39. The van der Waals surface area contributed by atoms with Gasteiger partial charge in [-0.15, -0.1) is 0 Å². The molecule has 1 aliphatic heterocycles. The molecule has 1 saturated heterocycles. The van der Waals surface area contributed by atoms with Crippen LogP contribution in [0.15, 0.2) is 24.3 Å². The van der Waals surface area contributed by atoms with Crippen molar-refractivity contribution in [2.45, 2.75) is 45.2 Å². The lowest BCUT2D eigenvalue weighted by Crippen LogP contribution is -2.43. The first-order chi connectivity index (χ1) is 8.69. The van der Waals surface area contributed by atoms with Gasteiger partial charge in [-0.05, 0) is 44.4 Å². The maximum absolute atomic E-state index is 6.00. The molecule has 0 radical (unpaired) electrons. The molecule has 18 heavy (non-hydrogen) atoms. The summed E-state index contributed by atoms with van der Waals surface area (Å²) in [4.78, 5) is 2.59. The Morgan fingerprint density at radius 3 is 2.72 bits per heavy atom. The smallest absolute Gasteiger partial charge is 0.0426 e. The van der Waals surface area contributed by atoms with Crippen LogP contribution < -0.4 is 5.32 Å². The van der Waals surface area contributed by atoms with Crippen molar-refractivity contribution in [3.05, 3.63) is 29.3 Å². The Balaban J connectivity index is 1.83. The van der Waals surface area contributed by atoms with Crippen molar-refractivity contribution in [3.63, 3.8) is 0 Å². The van der Waals surface area contributed by atoms with Crippen molar-refractivity contribution in [3.8, 4) is 0 Å². The highest BCUT2D eigenvalue weighted by atomic mass is 35.5. The lowest BCUT2D eigenvalue weighted by Gasteiger charge is -2.36. The van der Waals surface area contributed by atoms with Crippen LogP contribution in [-0.4, -0.2) is 30.1 Å². The predicted molar refractivity (Wildman–Crippen MR) is 79.4 cm³/mol. The molecule has 0 saturated carbocycles. The minimum absolute atomic E-state index is 0.587. The van der Waals surface area contributed by atoms with Crippen LogP contribution in [0.4, 0.5) is 5.69 Å². The van der Waals surface area contributed by atoms with Crippen LogP contribution in [0.5, 0.6) is 0 Å². The Labute approximate surface area is 115 Å². The van der Waals surface area contributed by atoms with Crippen molar-refractivity contribution in [2.24, 2.45) is 0 Å². The summed E-state index contributed by atoms with van der Waals surface area (Å²) in [5, 5.41) is 4.39. The van der Waals surface area contributed by atoms with Crippen LogP contribution in [0.3, 0.4) is 0 Å². The number of halogens is 1. The van der Waals surface area contributed by atoms with Crippen LogP contribution in [0.1, 0.15) is 33.1 Å². The van der Waals surface area contributed by atoms with Crippen molar-refractivity contribution in [2.75, 3.05) is 18.4 Å². The van der Waals surface area contributed by atoms with E-state index in [1.54, 1.807) is 0 Å². The van der Waals surface area contributed by atoms with Gasteiger partial charge in [0, 0.05) is 35.9 Å². The third kappa shape index (κ3) is 3.63. The molecule has 0 bridgehead atoms. The molecule has 2 rings (SSSR count). The van der Waals surface area contributed by atoms with Crippen LogP contribution in [0, 0.1) is 0 Å². The van der Waals surface area contributed by atoms with Crippen molar-refractivity contribution < 1.29 is 0 Å². The summed E-state index contributed by atoms with van der Waals surface area (Å²) in [5.74, 6) is 0. The van der Waals surface area contributed by atoms with Gasteiger partial charge in [0.1, 0.15) is 0 Å². The van der Waals surface area contributed by atoms with Crippen LogP contribution >= 0.6 is 11.6 Å². The maximum Gasteiger partial charge on any atom is 0.0426 e. The van der Waals surface area contributed by atoms with Crippen molar-refractivity contribution in [1.82, 2.24) is 4.90 Å². The Bertz CT molecular complexity index is 373. The summed E-state index contributed by atoms with van der Waals surface area (Å²) in [7, 11) is 0. The monoisotopic (exact) mass is 266 g/mol. The van der Waals surface area contributed by atoms with Crippen molar-refractivity contribution in [1.29, 1.82) is 0 Å². The van der Waals surface area contributed by atoms with E-state index < -0.39 is 0 Å². The van der Waals surface area contributed by atoms with Gasteiger partial charge in [0.15, 0.2) is 0 Å². The largest absolute Gasteiger partial charge is 0.382 e. The van der Waals surface area contributed by atoms with E-state index in [0.29, 0.717) is 6.04 Å². The minimum atomic E-state index is 0.587. The number of nitrogens with one attached hydrogen (secondary N) is 1. The Hall–Kier alpha value is -0.730. The molecule has 1 aromatic carbocycles. The van der Waals surface area contributed by atoms with Gasteiger partial charge in [-0.1, -0.05) is 24.6 Å². The van der Waals surface area contributed by atoms with Crippen LogP contribution in [-0.2, 0) is 0 Å². The standard InChI is InChI=1S/C15H23ClN2/c1-3-12(2)18-9-7-14(8-10-18)17-15-6-4-5-13(16)11-15/h4-6,11-12,14,17H,3,7-10H2,1-2H3. The zero-order valence-corrected chi connectivity index (χ0v) is 12.1. The summed E-state index contributed by atoms with van der Waals surface area (Å²) >= 11 is 6.00. The van der Waals surface area contributed by atoms with E-state index in [9.17, 15) is 0 Å². The van der Waals surface area contributed by atoms with Crippen LogP contribution in [0.25, 0.3) is 0 Å². The number of anilines is 1. The first-order valence-electron chi connectivity index (χ1n) is 6.95. The average molecular weight is 267 g/mol. The molecule has 0 amide bonds. The third-order valence-corrected chi connectivity index (χ3v) is 4.17. The summed E-state index contributed by atoms with van der Waals surface area (Å²) in [6.07, 6.45) is 3.68. The molecule has 100 valence electrons. The Morgan fingerprint density at radius 1 is 1.39 bits per heavy atom. The van der Waals surface area contributed by atoms with E-state index in [-0.39, 0.29) is 0 Å². The molecular formula is C15H23ClN2. The lowest BCUT2D eigenvalue weighted by atomic mass is 10.0. The zero-order valence-electron chi connectivity index (χ0n) is 11.3. The number of benzene rings is 1. The molecule has 0 aliphatic carbocycles. The molecule has 1 N–H and O–H groups in total. The molecule has 1 aromatic rings. The summed E-state index contributed by atoms with van der Waals surface area (Å²) < 4.78 is 0. The maximum atomic E-state index is 6.00. The van der Waals surface area contributed by atoms with Gasteiger partial charge in [0.25, 0.3) is 0 Å². The van der Waals surface area contributed by atoms with Gasteiger partial charge in [0.05, 0.1) is 0 Å². The molecule has 1 atom stereocenters. The first kappa shape index (κ1) is 13.7. The van der Waals surface area contributed by atoms with E-state index in [1.807, 2.05) is 18.2 Å². The molecule has 1 fully saturated rings. The number of rotatable bonds is 4. The molecule has 1 unspecified atom stereocenters. The quantitative estimate of drug-likeness (QED) is 0.886. The van der Waals surface area contributed by atoms with E-state index >= 15 is 0 Å². The number of hydrogen-bond donors (Lipinski definition) is 1. The van der Waals surface area contributed by atoms with Gasteiger partial charge in [-0.3, -0.25) is 0 Å². The number of hydrogen-bond acceptors (Lipinski definition) is 2. The Kier molecular flexibility index (Phi) is 4.90. The highest BCUT2D eigenvalue weighted by Crippen LogP contribution is 2.21. The highest BCUT2D eigenvalue weighted by molar-refractivity contribution is 6.30. The minimum Gasteiger partial charge on any atom is -0.382 e. The van der Waals surface area contributed by atoms with Crippen LogP contribution in [0.2, 0.25) is 5.02 Å². The predicted octanol–water partition coefficient (Wildman–Crippen LogP) is 4.01. The molecule has 0 aromatic heterocycles. The van der Waals surface area contributed by atoms with E-state index in [4.69, 9.17) is 11.6 Å². The van der Waals surface area contributed by atoms with E-state index in [2.05, 4.69) is 30.1 Å². The topological polar surface area (TPSA) is 15.3 Å². The first-order valence-corrected chi connectivity index (χ1v) is 7.33. The Morgan fingerprint density at radius 2 is 2.11 bits per heavy atom. The molecule has 1 heterocycles. The molecular weight excluding hydrogens is 244 g/mol. The normalized spacial score (nSPS) is 19.7. The fourth-order valence-corrected chi connectivity index (χ4v) is 2.75. The molecule has 2 nitrogen and oxygen atoms in total. The second-order valence-electron chi connectivity index (χ2n) is 5.22. The van der Waals surface area contributed by atoms with E-state index in [0.717, 1.165) is 16.8 Å². The van der Waals surface area contributed by atoms with Gasteiger partial charge in [-0.2, -0.15) is 0 Å². The third-order valence-electron chi connectivity index (χ3n) is 3.94. The van der Waals surface area contributed by atoms with E-state index in [1.165, 1.54) is 32.4 Å². The zero-order chi connectivity index (χ0) is 13.0. The molecule has 1 aliphatic rings. The van der Waals surface area contributed by atoms with Gasteiger partial charge in [-0.25, -0.2) is 0 Å². The van der Waals surface area contributed by atoms with Gasteiger partial charge < -0.3 is 10.2 Å². The summed E-state index contributed by atoms with van der Waals surface area (Å²) in [5.41, 5.74) is 1.14. The second kappa shape index (κ2) is 6.44. The van der Waals surface area contributed by atoms with Crippen molar-refractivity contribution >= 4 is 17.3 Å². The lowest BCUT2D eigenvalue weighted by molar-refractivity contribution is 0.163. The summed E-state index contributed by atoms with van der Waals surface area (Å²) in [6.45, 7) is 6.99. The number of nitrogens with zero attached hydrogens (tertiary/aromatic N) is 1. The highest BCUT2D eigenvalue weighted by Gasteiger charge is 2.21. The summed E-state index contributed by atoms with van der Waals surface area (Å²) in [6, 6.07) is 9.31. The fraction of sp³-hybridized carbons (Fsp3) is 0.600. The van der Waals surface area contributed by atoms with Gasteiger partial charge in [0.2, 0.25) is 0 Å². The second-order valence-corrected chi connectivity index (χ2v) is 5.66. The fourth-order valence-electron chi connectivity index (χ4n) is 2.56. The SMILES string of the molecule is CCC(C)N1CCC(Nc2cccc(Cl)c2)CC1. The number of likely N-dealkylation sites (tertiary alicyclic amines) is 1. The molecule has 0 spiro atoms. The van der Waals surface area contributed by atoms with Gasteiger partial charge >= 0.3 is 0 Å². The molecule has 3 heteroatoms. The number of piperidine rings is 1.